The Morgan fingerprint density at radius 1 is 1.22 bits per heavy atom. The van der Waals surface area contributed by atoms with Gasteiger partial charge in [0.1, 0.15) is 5.78 Å². The normalized spacial score (nSPS) is 18.4. The van der Waals surface area contributed by atoms with E-state index in [1.54, 1.807) is 0 Å². The van der Waals surface area contributed by atoms with E-state index in [0.29, 0.717) is 19.6 Å². The monoisotopic (exact) mass is 266 g/mol. The number of benzene rings is 1. The summed E-state index contributed by atoms with van der Waals surface area (Å²) < 4.78 is 17.3. The summed E-state index contributed by atoms with van der Waals surface area (Å²) in [4.78, 5) is 11.8. The third kappa shape index (κ3) is 4.03. The maximum absolute atomic E-state index is 12.0. The van der Waals surface area contributed by atoms with Crippen LogP contribution in [0.15, 0.2) is 30.3 Å². The molecule has 1 saturated heterocycles. The second-order valence-electron chi connectivity index (χ2n) is 4.54. The second-order valence-corrected chi connectivity index (χ2v) is 6.25. The van der Waals surface area contributed by atoms with E-state index >= 15 is 0 Å². The Kier molecular flexibility index (Phi) is 5.08. The molecule has 3 nitrogen and oxygen atoms in total. The van der Waals surface area contributed by atoms with Crippen LogP contribution in [0, 0.1) is 0 Å². The minimum atomic E-state index is -1.04. The molecule has 0 aromatic heterocycles. The minimum Gasteiger partial charge on any atom is -0.381 e. The van der Waals surface area contributed by atoms with E-state index in [-0.39, 0.29) is 16.8 Å². The van der Waals surface area contributed by atoms with Crippen LogP contribution < -0.4 is 0 Å². The number of rotatable bonds is 5. The Morgan fingerprint density at radius 3 is 2.56 bits per heavy atom. The minimum absolute atomic E-state index is 0.0611. The molecular formula is C14H18O3S. The highest BCUT2D eigenvalue weighted by Gasteiger charge is 2.22. The molecule has 2 rings (SSSR count). The first-order chi connectivity index (χ1) is 8.75. The van der Waals surface area contributed by atoms with E-state index in [2.05, 4.69) is 0 Å². The molecule has 1 aromatic carbocycles. The van der Waals surface area contributed by atoms with Gasteiger partial charge in [-0.05, 0) is 18.4 Å². The van der Waals surface area contributed by atoms with E-state index in [1.165, 1.54) is 0 Å². The fourth-order valence-corrected chi connectivity index (χ4v) is 3.46. The molecule has 1 aliphatic heterocycles. The number of carbonyl (C=O) groups is 1. The Bertz CT molecular complexity index is 410. The Balaban J connectivity index is 1.82. The molecule has 1 aliphatic rings. The molecule has 1 atom stereocenters. The van der Waals surface area contributed by atoms with Gasteiger partial charge in [0.25, 0.3) is 0 Å². The summed E-state index contributed by atoms with van der Waals surface area (Å²) in [6, 6.07) is 9.61. The predicted octanol–water partition coefficient (Wildman–Crippen LogP) is 1.73. The molecular weight excluding hydrogens is 248 g/mol. The van der Waals surface area contributed by atoms with Crippen LogP contribution >= 0.6 is 0 Å². The van der Waals surface area contributed by atoms with Crippen LogP contribution in [-0.4, -0.2) is 34.2 Å². The first-order valence-electron chi connectivity index (χ1n) is 6.26. The van der Waals surface area contributed by atoms with Gasteiger partial charge >= 0.3 is 0 Å². The Hall–Kier alpha value is -1.00. The quantitative estimate of drug-likeness (QED) is 0.815. The van der Waals surface area contributed by atoms with Crippen LogP contribution in [0.3, 0.4) is 0 Å². The number of hydrogen-bond donors (Lipinski definition) is 0. The van der Waals surface area contributed by atoms with Crippen molar-refractivity contribution in [3.8, 4) is 0 Å². The van der Waals surface area contributed by atoms with E-state index in [0.717, 1.165) is 18.4 Å². The lowest BCUT2D eigenvalue weighted by Crippen LogP contribution is -2.29. The fourth-order valence-electron chi connectivity index (χ4n) is 2.09. The summed E-state index contributed by atoms with van der Waals surface area (Å²) in [5.74, 6) is 0.241. The maximum Gasteiger partial charge on any atom is 0.149 e. The van der Waals surface area contributed by atoms with Crippen LogP contribution in [-0.2, 0) is 26.8 Å². The Labute approximate surface area is 110 Å². The van der Waals surface area contributed by atoms with Crippen LogP contribution in [0.2, 0.25) is 0 Å². The molecule has 1 aromatic rings. The molecule has 0 aliphatic carbocycles. The van der Waals surface area contributed by atoms with Crippen LogP contribution in [0.4, 0.5) is 0 Å². The molecule has 0 N–H and O–H groups in total. The summed E-state index contributed by atoms with van der Waals surface area (Å²) in [5.41, 5.74) is 0.992. The van der Waals surface area contributed by atoms with Crippen molar-refractivity contribution in [2.24, 2.45) is 0 Å². The lowest BCUT2D eigenvalue weighted by molar-refractivity contribution is -0.116. The molecule has 0 amide bonds. The number of hydrogen-bond acceptors (Lipinski definition) is 3. The largest absolute Gasteiger partial charge is 0.381 e. The van der Waals surface area contributed by atoms with Crippen molar-refractivity contribution < 1.29 is 13.7 Å². The highest BCUT2D eigenvalue weighted by Crippen LogP contribution is 2.14. The van der Waals surface area contributed by atoms with Gasteiger partial charge in [0.2, 0.25) is 0 Å². The van der Waals surface area contributed by atoms with Gasteiger partial charge < -0.3 is 4.74 Å². The van der Waals surface area contributed by atoms with Crippen molar-refractivity contribution in [1.29, 1.82) is 0 Å². The average Bonchev–Trinajstić information content (AvgIpc) is 2.40. The van der Waals surface area contributed by atoms with Crippen molar-refractivity contribution >= 4 is 16.6 Å². The predicted molar refractivity (Wildman–Crippen MR) is 72.0 cm³/mol. The van der Waals surface area contributed by atoms with Crippen molar-refractivity contribution in [1.82, 2.24) is 0 Å². The smallest absolute Gasteiger partial charge is 0.149 e. The van der Waals surface area contributed by atoms with Gasteiger partial charge in [0, 0.05) is 35.7 Å². The maximum atomic E-state index is 12.0. The lowest BCUT2D eigenvalue weighted by Gasteiger charge is -2.20. The highest BCUT2D eigenvalue weighted by atomic mass is 32.2. The van der Waals surface area contributed by atoms with Crippen LogP contribution in [0.1, 0.15) is 18.4 Å². The zero-order valence-electron chi connectivity index (χ0n) is 10.3. The molecule has 1 heterocycles. The van der Waals surface area contributed by atoms with Gasteiger partial charge in [-0.3, -0.25) is 9.00 Å². The second kappa shape index (κ2) is 6.81. The lowest BCUT2D eigenvalue weighted by atomic mass is 10.1. The van der Waals surface area contributed by atoms with E-state index < -0.39 is 10.8 Å². The van der Waals surface area contributed by atoms with Gasteiger partial charge in [-0.25, -0.2) is 0 Å². The molecule has 0 radical (unpaired) electrons. The summed E-state index contributed by atoms with van der Waals surface area (Å²) in [7, 11) is -1.04. The summed E-state index contributed by atoms with van der Waals surface area (Å²) >= 11 is 0. The fraction of sp³-hybridized carbons (Fsp3) is 0.500. The third-order valence-corrected chi connectivity index (χ3v) is 4.91. The molecule has 0 saturated carbocycles. The zero-order valence-corrected chi connectivity index (χ0v) is 11.2. The first-order valence-corrected chi connectivity index (χ1v) is 7.64. The van der Waals surface area contributed by atoms with E-state index in [9.17, 15) is 9.00 Å². The number of Topliss-reactive ketones (excluding diaryl/α,β-unsaturated/α-hetero) is 1. The van der Waals surface area contributed by atoms with Crippen molar-refractivity contribution in [3.63, 3.8) is 0 Å². The molecule has 0 spiro atoms. The number of ether oxygens (including phenoxy) is 1. The third-order valence-electron chi connectivity index (χ3n) is 3.09. The zero-order chi connectivity index (χ0) is 12.8. The number of ketones is 1. The summed E-state index contributed by atoms with van der Waals surface area (Å²) in [5, 5.41) is 0.137. The first kappa shape index (κ1) is 13.4. The standard InChI is InChI=1S/C14H18O3S/c15-13(10-12-4-2-1-3-5-12)11-18(16)14-6-8-17-9-7-14/h1-5,14H,6-11H2. The SMILES string of the molecule is O=C(Cc1ccccc1)CS(=O)C1CCOCC1. The molecule has 18 heavy (non-hydrogen) atoms. The molecule has 1 unspecified atom stereocenters. The summed E-state index contributed by atoms with van der Waals surface area (Å²) in [6.45, 7) is 1.34. The summed E-state index contributed by atoms with van der Waals surface area (Å²) in [6.07, 6.45) is 2.01. The van der Waals surface area contributed by atoms with Gasteiger partial charge in [-0.1, -0.05) is 30.3 Å². The number of carbonyl (C=O) groups excluding carboxylic acids is 1. The highest BCUT2D eigenvalue weighted by molar-refractivity contribution is 7.86. The molecule has 0 bridgehead atoms. The van der Waals surface area contributed by atoms with E-state index in [4.69, 9.17) is 4.74 Å². The van der Waals surface area contributed by atoms with E-state index in [1.807, 2.05) is 30.3 Å². The molecule has 1 fully saturated rings. The Morgan fingerprint density at radius 2 is 1.89 bits per heavy atom. The molecule has 98 valence electrons. The van der Waals surface area contributed by atoms with Gasteiger partial charge in [0.15, 0.2) is 0 Å². The van der Waals surface area contributed by atoms with Crippen LogP contribution in [0.5, 0.6) is 0 Å². The van der Waals surface area contributed by atoms with Gasteiger partial charge in [-0.2, -0.15) is 0 Å². The average molecular weight is 266 g/mol. The van der Waals surface area contributed by atoms with Crippen molar-refractivity contribution in [2.75, 3.05) is 19.0 Å². The van der Waals surface area contributed by atoms with Crippen LogP contribution in [0.25, 0.3) is 0 Å². The van der Waals surface area contributed by atoms with Crippen molar-refractivity contribution in [3.05, 3.63) is 35.9 Å². The van der Waals surface area contributed by atoms with Gasteiger partial charge in [-0.15, -0.1) is 0 Å². The van der Waals surface area contributed by atoms with Gasteiger partial charge in [0.05, 0.1) is 5.75 Å². The molecule has 4 heteroatoms. The van der Waals surface area contributed by atoms with Crippen molar-refractivity contribution in [2.45, 2.75) is 24.5 Å². The topological polar surface area (TPSA) is 43.4 Å².